The van der Waals surface area contributed by atoms with E-state index in [0.29, 0.717) is 18.7 Å². The Kier molecular flexibility index (Phi) is 13.1. The molecule has 9 heteroatoms. The van der Waals surface area contributed by atoms with Crippen LogP contribution < -0.4 is 0 Å². The van der Waals surface area contributed by atoms with Crippen LogP contribution in [0.5, 0.6) is 0 Å². The van der Waals surface area contributed by atoms with Crippen LogP contribution in [0.2, 0.25) is 0 Å². The molecule has 0 aliphatic carbocycles. The lowest BCUT2D eigenvalue weighted by Gasteiger charge is -2.36. The van der Waals surface area contributed by atoms with Crippen molar-refractivity contribution in [2.75, 3.05) is 26.9 Å². The van der Waals surface area contributed by atoms with Crippen LogP contribution in [0, 0.1) is 11.6 Å². The monoisotopic (exact) mass is 583 g/mol. The Balaban J connectivity index is 0.000000198. The molecule has 0 saturated carbocycles. The predicted molar refractivity (Wildman–Crippen MR) is 155 cm³/mol. The van der Waals surface area contributed by atoms with E-state index in [2.05, 4.69) is 16.7 Å². The summed E-state index contributed by atoms with van der Waals surface area (Å²) in [4.78, 5) is 24.7. The maximum atomic E-state index is 12.6. The van der Waals surface area contributed by atoms with Crippen molar-refractivity contribution in [3.63, 3.8) is 0 Å². The number of aliphatic hydroxyl groups is 2. The van der Waals surface area contributed by atoms with Crippen molar-refractivity contribution in [1.82, 2.24) is 4.90 Å². The summed E-state index contributed by atoms with van der Waals surface area (Å²) in [5, 5.41) is 17.5. The highest BCUT2D eigenvalue weighted by Crippen LogP contribution is 2.36. The van der Waals surface area contributed by atoms with Gasteiger partial charge in [-0.15, -0.1) is 0 Å². The van der Waals surface area contributed by atoms with E-state index in [1.807, 2.05) is 30.3 Å². The summed E-state index contributed by atoms with van der Waals surface area (Å²) >= 11 is 0. The van der Waals surface area contributed by atoms with Crippen LogP contribution >= 0.6 is 0 Å². The zero-order valence-corrected chi connectivity index (χ0v) is 24.0. The fourth-order valence-electron chi connectivity index (χ4n) is 5.20. The lowest BCUT2D eigenvalue weighted by atomic mass is 9.98. The van der Waals surface area contributed by atoms with Crippen molar-refractivity contribution >= 4 is 11.9 Å². The molecular weight excluding hydrogens is 544 g/mol. The van der Waals surface area contributed by atoms with Gasteiger partial charge < -0.3 is 24.6 Å². The molecule has 7 nitrogen and oxygen atoms in total. The molecule has 2 bridgehead atoms. The Morgan fingerprint density at radius 1 is 0.857 bits per heavy atom. The number of hydrogen-bond acceptors (Lipinski definition) is 7. The topological polar surface area (TPSA) is 96.3 Å². The van der Waals surface area contributed by atoms with Gasteiger partial charge in [0.25, 0.3) is 0 Å². The van der Waals surface area contributed by atoms with E-state index >= 15 is 0 Å². The summed E-state index contributed by atoms with van der Waals surface area (Å²) in [6.07, 6.45) is 4.26. The standard InChI is InChI=1S/C17H23NO3.C12H8F2.C4H8O3/c1-18-13-7-8-14(18)10-15(9-13)21-17(20)16(11-19)12-5-3-2-4-6-12;13-11-5-1-9(2-6-11)10-3-7-12(14)8-4-10;1-2-7-4(6)3-5/h2-6,13-16,19H,7-11H2,1H3;1-8H;5H,2-3H2,1H3. The van der Waals surface area contributed by atoms with Crippen LogP contribution in [0.1, 0.15) is 44.1 Å². The second kappa shape index (κ2) is 16.7. The number of fused-ring (bicyclic) bond motifs is 2. The Hall–Kier alpha value is -3.66. The lowest BCUT2D eigenvalue weighted by molar-refractivity contribution is -0.155. The molecule has 3 aromatic carbocycles. The average molecular weight is 584 g/mol. The third-order valence-corrected chi connectivity index (χ3v) is 7.46. The van der Waals surface area contributed by atoms with E-state index in [1.165, 1.54) is 37.1 Å². The molecule has 2 N–H and O–H groups in total. The SMILES string of the molecule is CCOC(=O)CO.CN1C2CCC1CC(OC(=O)C(CO)c1ccccc1)C2.Fc1ccc(-c2ccc(F)cc2)cc1. The van der Waals surface area contributed by atoms with Gasteiger partial charge in [0, 0.05) is 12.1 Å². The Morgan fingerprint density at radius 3 is 1.76 bits per heavy atom. The van der Waals surface area contributed by atoms with Gasteiger partial charge in [-0.2, -0.15) is 0 Å². The molecule has 0 aromatic heterocycles. The molecule has 3 aromatic rings. The van der Waals surface area contributed by atoms with Gasteiger partial charge in [-0.3, -0.25) is 4.79 Å². The molecule has 0 amide bonds. The number of rotatable bonds is 7. The number of halogens is 2. The Bertz CT molecular complexity index is 1180. The van der Waals surface area contributed by atoms with Gasteiger partial charge in [0.2, 0.25) is 0 Å². The van der Waals surface area contributed by atoms with Gasteiger partial charge in [0.15, 0.2) is 0 Å². The highest BCUT2D eigenvalue weighted by atomic mass is 19.1. The first-order chi connectivity index (χ1) is 20.2. The van der Waals surface area contributed by atoms with Gasteiger partial charge in [-0.1, -0.05) is 54.6 Å². The average Bonchev–Trinajstić information content (AvgIpc) is 3.19. The molecule has 2 aliphatic heterocycles. The summed E-state index contributed by atoms with van der Waals surface area (Å²) in [5.41, 5.74) is 2.58. The molecule has 2 heterocycles. The van der Waals surface area contributed by atoms with E-state index in [0.717, 1.165) is 29.5 Å². The molecule has 0 spiro atoms. The summed E-state index contributed by atoms with van der Waals surface area (Å²) in [6.45, 7) is 1.29. The lowest BCUT2D eigenvalue weighted by Crippen LogP contribution is -2.43. The summed E-state index contributed by atoms with van der Waals surface area (Å²) < 4.78 is 35.2. The third-order valence-electron chi connectivity index (χ3n) is 7.46. The van der Waals surface area contributed by atoms with Crippen LogP contribution in [0.15, 0.2) is 78.9 Å². The van der Waals surface area contributed by atoms with Gasteiger partial charge >= 0.3 is 11.9 Å². The molecular formula is C33H39F2NO6. The van der Waals surface area contributed by atoms with Crippen LogP contribution in [-0.2, 0) is 19.1 Å². The number of nitrogens with zero attached hydrogens (tertiary/aromatic N) is 1. The predicted octanol–water partition coefficient (Wildman–Crippen LogP) is 5.10. The molecule has 2 saturated heterocycles. The fraction of sp³-hybridized carbons (Fsp3) is 0.394. The number of esters is 2. The van der Waals surface area contributed by atoms with Crippen LogP contribution in [0.25, 0.3) is 11.1 Å². The van der Waals surface area contributed by atoms with E-state index in [4.69, 9.17) is 9.84 Å². The summed E-state index contributed by atoms with van der Waals surface area (Å²) in [7, 11) is 2.17. The number of benzene rings is 3. The number of piperidine rings is 1. The van der Waals surface area contributed by atoms with E-state index in [1.54, 1.807) is 31.2 Å². The second-order valence-corrected chi connectivity index (χ2v) is 10.2. The van der Waals surface area contributed by atoms with E-state index < -0.39 is 18.5 Å². The van der Waals surface area contributed by atoms with E-state index in [9.17, 15) is 23.5 Å². The van der Waals surface area contributed by atoms with Crippen molar-refractivity contribution in [2.24, 2.45) is 0 Å². The summed E-state index contributed by atoms with van der Waals surface area (Å²) in [5.74, 6) is -1.96. The van der Waals surface area contributed by atoms with Gasteiger partial charge in [-0.05, 0) is 80.6 Å². The molecule has 3 atom stereocenters. The molecule has 0 radical (unpaired) electrons. The fourth-order valence-corrected chi connectivity index (χ4v) is 5.20. The normalized spacial score (nSPS) is 19.8. The van der Waals surface area contributed by atoms with Crippen molar-refractivity contribution in [2.45, 2.75) is 56.7 Å². The second-order valence-electron chi connectivity index (χ2n) is 10.2. The number of ether oxygens (including phenoxy) is 2. The van der Waals surface area contributed by atoms with Crippen molar-refractivity contribution in [3.8, 4) is 11.1 Å². The molecule has 42 heavy (non-hydrogen) atoms. The van der Waals surface area contributed by atoms with Gasteiger partial charge in [0.05, 0.1) is 13.2 Å². The Morgan fingerprint density at radius 2 is 1.36 bits per heavy atom. The van der Waals surface area contributed by atoms with Crippen LogP contribution in [-0.4, -0.2) is 72.1 Å². The van der Waals surface area contributed by atoms with Crippen molar-refractivity contribution in [1.29, 1.82) is 0 Å². The minimum absolute atomic E-state index is 0.00367. The maximum absolute atomic E-state index is 12.6. The molecule has 2 fully saturated rings. The third kappa shape index (κ3) is 9.72. The zero-order chi connectivity index (χ0) is 30.5. The number of carbonyl (C=O) groups is 2. The first kappa shape index (κ1) is 32.8. The molecule has 2 aliphatic rings. The van der Waals surface area contributed by atoms with Gasteiger partial charge in [-0.25, -0.2) is 13.6 Å². The molecule has 3 unspecified atom stereocenters. The van der Waals surface area contributed by atoms with E-state index in [-0.39, 0.29) is 30.3 Å². The minimum atomic E-state index is -0.567. The highest BCUT2D eigenvalue weighted by Gasteiger charge is 2.40. The van der Waals surface area contributed by atoms with Crippen molar-refractivity contribution in [3.05, 3.63) is 96.1 Å². The van der Waals surface area contributed by atoms with Crippen LogP contribution in [0.4, 0.5) is 8.78 Å². The first-order valence-corrected chi connectivity index (χ1v) is 14.1. The number of hydrogen-bond donors (Lipinski definition) is 2. The maximum Gasteiger partial charge on any atom is 0.331 e. The minimum Gasteiger partial charge on any atom is -0.464 e. The number of carbonyl (C=O) groups excluding carboxylic acids is 2. The van der Waals surface area contributed by atoms with Crippen molar-refractivity contribution < 1.29 is 38.1 Å². The quantitative estimate of drug-likeness (QED) is 0.374. The van der Waals surface area contributed by atoms with Gasteiger partial charge in [0.1, 0.15) is 30.3 Å². The highest BCUT2D eigenvalue weighted by molar-refractivity contribution is 5.78. The number of aliphatic hydroxyl groups excluding tert-OH is 2. The zero-order valence-electron chi connectivity index (χ0n) is 24.0. The smallest absolute Gasteiger partial charge is 0.331 e. The largest absolute Gasteiger partial charge is 0.464 e. The van der Waals surface area contributed by atoms with Crippen LogP contribution in [0.3, 0.4) is 0 Å². The Labute approximate surface area is 245 Å². The molecule has 5 rings (SSSR count). The summed E-state index contributed by atoms with van der Waals surface area (Å²) in [6, 6.07) is 22.7. The molecule has 226 valence electrons. The first-order valence-electron chi connectivity index (χ1n) is 14.1.